The second kappa shape index (κ2) is 10.4. The molecule has 1 aliphatic rings. The number of nitrogens with zero attached hydrogens (tertiary/aromatic N) is 1. The van der Waals surface area contributed by atoms with Crippen molar-refractivity contribution in [3.8, 4) is 11.5 Å². The van der Waals surface area contributed by atoms with Crippen molar-refractivity contribution in [3.05, 3.63) is 71.2 Å². The van der Waals surface area contributed by atoms with E-state index in [-0.39, 0.29) is 18.2 Å². The van der Waals surface area contributed by atoms with E-state index in [0.717, 1.165) is 36.3 Å². The molecule has 166 valence electrons. The van der Waals surface area contributed by atoms with Gasteiger partial charge in [-0.15, -0.1) is 11.3 Å². The summed E-state index contributed by atoms with van der Waals surface area (Å²) in [5.41, 5.74) is 1.39. The number of carboxylic acids is 1. The van der Waals surface area contributed by atoms with Crippen LogP contribution in [-0.2, 0) is 16.0 Å². The Kier molecular flexibility index (Phi) is 7.17. The smallest absolute Gasteiger partial charge is 0.309 e. The number of carbonyl (C=O) groups is 2. The highest BCUT2D eigenvalue weighted by Crippen LogP contribution is 2.36. The van der Waals surface area contributed by atoms with Crippen LogP contribution < -0.4 is 10.1 Å². The Labute approximate surface area is 191 Å². The summed E-state index contributed by atoms with van der Waals surface area (Å²) < 4.78 is 5.88. The number of carboxylic acid groups (broad SMARTS) is 1. The van der Waals surface area contributed by atoms with Gasteiger partial charge in [0.15, 0.2) is 5.13 Å². The second-order valence-electron chi connectivity index (χ2n) is 8.13. The van der Waals surface area contributed by atoms with E-state index in [1.165, 1.54) is 24.2 Å². The number of aliphatic carboxylic acids is 1. The van der Waals surface area contributed by atoms with Gasteiger partial charge in [0, 0.05) is 5.38 Å². The molecule has 6 nitrogen and oxygen atoms in total. The highest BCUT2D eigenvalue weighted by Gasteiger charge is 2.27. The van der Waals surface area contributed by atoms with Gasteiger partial charge in [0.1, 0.15) is 11.5 Å². The fraction of sp³-hybridized carbons (Fsp3) is 0.320. The summed E-state index contributed by atoms with van der Waals surface area (Å²) >= 11 is 1.25. The van der Waals surface area contributed by atoms with Crippen LogP contribution in [0.1, 0.15) is 49.3 Å². The van der Waals surface area contributed by atoms with Gasteiger partial charge < -0.3 is 15.2 Å². The molecule has 1 amide bonds. The summed E-state index contributed by atoms with van der Waals surface area (Å²) in [6.45, 7) is 0. The van der Waals surface area contributed by atoms with Crippen LogP contribution in [0.25, 0.3) is 0 Å². The largest absolute Gasteiger partial charge is 0.481 e. The van der Waals surface area contributed by atoms with Crippen LogP contribution in [0.15, 0.2) is 60.0 Å². The van der Waals surface area contributed by atoms with Crippen molar-refractivity contribution in [2.45, 2.75) is 44.4 Å². The number of rotatable bonds is 9. The van der Waals surface area contributed by atoms with E-state index in [9.17, 15) is 9.59 Å². The Balaban J connectivity index is 1.48. The van der Waals surface area contributed by atoms with Crippen molar-refractivity contribution in [2.75, 3.05) is 5.32 Å². The molecule has 2 N–H and O–H groups in total. The minimum absolute atomic E-state index is 0.107. The monoisotopic (exact) mass is 450 g/mol. The molecule has 7 heteroatoms. The van der Waals surface area contributed by atoms with Crippen LogP contribution in [0, 0.1) is 5.92 Å². The van der Waals surface area contributed by atoms with Crippen molar-refractivity contribution in [1.82, 2.24) is 4.98 Å². The Hall–Kier alpha value is -3.19. The van der Waals surface area contributed by atoms with E-state index < -0.39 is 5.97 Å². The zero-order valence-corrected chi connectivity index (χ0v) is 18.5. The molecule has 4 rings (SSSR count). The number of benzene rings is 2. The molecule has 0 spiro atoms. The van der Waals surface area contributed by atoms with E-state index in [2.05, 4.69) is 10.3 Å². The third-order valence-corrected chi connectivity index (χ3v) is 6.54. The summed E-state index contributed by atoms with van der Waals surface area (Å²) in [7, 11) is 0. The lowest BCUT2D eigenvalue weighted by Crippen LogP contribution is -2.23. The van der Waals surface area contributed by atoms with Gasteiger partial charge in [0.25, 0.3) is 0 Å². The lowest BCUT2D eigenvalue weighted by molar-refractivity contribution is -0.136. The predicted molar refractivity (Wildman–Crippen MR) is 124 cm³/mol. The van der Waals surface area contributed by atoms with Gasteiger partial charge in [-0.3, -0.25) is 9.59 Å². The minimum atomic E-state index is -0.940. The lowest BCUT2D eigenvalue weighted by Gasteiger charge is -2.20. The molecule has 3 aromatic rings. The fourth-order valence-corrected chi connectivity index (χ4v) is 4.87. The molecular formula is C25H26N2O4S. The summed E-state index contributed by atoms with van der Waals surface area (Å²) in [4.78, 5) is 28.4. The minimum Gasteiger partial charge on any atom is -0.481 e. The molecule has 1 fully saturated rings. The van der Waals surface area contributed by atoms with Crippen LogP contribution in [0.2, 0.25) is 0 Å². The second-order valence-corrected chi connectivity index (χ2v) is 8.98. The summed E-state index contributed by atoms with van der Waals surface area (Å²) in [5.74, 6) is 0.676. The number of hydrogen-bond donors (Lipinski definition) is 2. The van der Waals surface area contributed by atoms with Gasteiger partial charge in [0.05, 0.1) is 18.0 Å². The third kappa shape index (κ3) is 5.95. The maximum absolute atomic E-state index is 13.2. The molecule has 1 atom stereocenters. The van der Waals surface area contributed by atoms with Crippen LogP contribution in [-0.4, -0.2) is 22.0 Å². The molecule has 1 saturated carbocycles. The molecule has 1 aromatic heterocycles. The Morgan fingerprint density at radius 3 is 2.44 bits per heavy atom. The quantitative estimate of drug-likeness (QED) is 0.426. The first-order valence-electron chi connectivity index (χ1n) is 10.9. The molecule has 32 heavy (non-hydrogen) atoms. The van der Waals surface area contributed by atoms with Crippen LogP contribution in [0.5, 0.6) is 11.5 Å². The summed E-state index contributed by atoms with van der Waals surface area (Å²) in [6.07, 6.45) is 5.37. The first-order chi connectivity index (χ1) is 15.6. The van der Waals surface area contributed by atoms with E-state index in [0.29, 0.717) is 16.7 Å². The molecule has 0 bridgehead atoms. The van der Waals surface area contributed by atoms with Crippen LogP contribution >= 0.6 is 11.3 Å². The average Bonchev–Trinajstić information content (AvgIpc) is 3.45. The van der Waals surface area contributed by atoms with Gasteiger partial charge in [-0.05, 0) is 42.2 Å². The molecule has 0 radical (unpaired) electrons. The highest BCUT2D eigenvalue weighted by atomic mass is 32.1. The van der Waals surface area contributed by atoms with Gasteiger partial charge in [-0.1, -0.05) is 56.0 Å². The number of aromatic nitrogens is 1. The van der Waals surface area contributed by atoms with Crippen molar-refractivity contribution in [3.63, 3.8) is 0 Å². The number of para-hydroxylation sites is 1. The SMILES string of the molecule is O=C(O)Cc1csc(NC(=O)C(CC2CCCC2)c2ccc(Oc3ccccc3)cc2)n1. The normalized spacial score (nSPS) is 14.8. The maximum atomic E-state index is 13.2. The molecule has 1 aliphatic carbocycles. The van der Waals surface area contributed by atoms with Gasteiger partial charge in [-0.2, -0.15) is 0 Å². The van der Waals surface area contributed by atoms with E-state index in [1.54, 1.807) is 5.38 Å². The lowest BCUT2D eigenvalue weighted by atomic mass is 9.87. The predicted octanol–water partition coefficient (Wildman–Crippen LogP) is 5.87. The number of nitrogens with one attached hydrogen (secondary N) is 1. The van der Waals surface area contributed by atoms with Gasteiger partial charge in [-0.25, -0.2) is 4.98 Å². The molecule has 1 unspecified atom stereocenters. The van der Waals surface area contributed by atoms with E-state index in [1.807, 2.05) is 54.6 Å². The van der Waals surface area contributed by atoms with Gasteiger partial charge in [0.2, 0.25) is 5.91 Å². The third-order valence-electron chi connectivity index (χ3n) is 5.74. The Morgan fingerprint density at radius 2 is 1.75 bits per heavy atom. The van der Waals surface area contributed by atoms with Crippen LogP contribution in [0.4, 0.5) is 5.13 Å². The average molecular weight is 451 g/mol. The Morgan fingerprint density at radius 1 is 1.06 bits per heavy atom. The molecular weight excluding hydrogens is 424 g/mol. The summed E-state index contributed by atoms with van der Waals surface area (Å²) in [6, 6.07) is 17.3. The number of anilines is 1. The summed E-state index contributed by atoms with van der Waals surface area (Å²) in [5, 5.41) is 14.0. The van der Waals surface area contributed by atoms with Gasteiger partial charge >= 0.3 is 5.97 Å². The van der Waals surface area contributed by atoms with Crippen molar-refractivity contribution in [1.29, 1.82) is 0 Å². The van der Waals surface area contributed by atoms with Crippen molar-refractivity contribution in [2.24, 2.45) is 5.92 Å². The standard InChI is InChI=1S/C25H26N2O4S/c28-23(29)15-19-16-32-25(26-19)27-24(30)22(14-17-6-4-5-7-17)18-10-12-21(13-11-18)31-20-8-2-1-3-9-20/h1-3,8-13,16-17,22H,4-7,14-15H2,(H,28,29)(H,26,27,30). The first kappa shape index (κ1) is 22.0. The number of amides is 1. The first-order valence-corrected chi connectivity index (χ1v) is 11.7. The van der Waals surface area contributed by atoms with Crippen molar-refractivity contribution < 1.29 is 19.4 Å². The number of carbonyl (C=O) groups excluding carboxylic acids is 1. The molecule has 2 aromatic carbocycles. The molecule has 0 aliphatic heterocycles. The molecule has 1 heterocycles. The zero-order valence-electron chi connectivity index (χ0n) is 17.7. The highest BCUT2D eigenvalue weighted by molar-refractivity contribution is 7.13. The topological polar surface area (TPSA) is 88.5 Å². The Bertz CT molecular complexity index is 1040. The van der Waals surface area contributed by atoms with E-state index >= 15 is 0 Å². The molecule has 0 saturated heterocycles. The van der Waals surface area contributed by atoms with E-state index in [4.69, 9.17) is 9.84 Å². The fourth-order valence-electron chi connectivity index (χ4n) is 4.16. The van der Waals surface area contributed by atoms with Crippen molar-refractivity contribution >= 4 is 28.3 Å². The zero-order chi connectivity index (χ0) is 22.3. The number of ether oxygens (including phenoxy) is 1. The number of hydrogen-bond acceptors (Lipinski definition) is 5. The maximum Gasteiger partial charge on any atom is 0.309 e. The van der Waals surface area contributed by atoms with Crippen LogP contribution in [0.3, 0.4) is 0 Å². The number of thiazole rings is 1.